The predicted octanol–water partition coefficient (Wildman–Crippen LogP) is 9.91. The van der Waals surface area contributed by atoms with Gasteiger partial charge in [0.05, 0.1) is 17.1 Å². The summed E-state index contributed by atoms with van der Waals surface area (Å²) in [5.74, 6) is 0.564. The fourth-order valence-electron chi connectivity index (χ4n) is 4.64. The van der Waals surface area contributed by atoms with Crippen LogP contribution in [0.1, 0.15) is 93.7 Å². The van der Waals surface area contributed by atoms with Crippen molar-refractivity contribution in [3.8, 4) is 16.9 Å². The lowest BCUT2D eigenvalue weighted by Crippen LogP contribution is -2.00. The summed E-state index contributed by atoms with van der Waals surface area (Å²) in [7, 11) is 0. The molecular weight excluding hydrogens is 448 g/mol. The van der Waals surface area contributed by atoms with E-state index in [0.29, 0.717) is 5.92 Å². The van der Waals surface area contributed by atoms with Crippen molar-refractivity contribution in [1.29, 1.82) is 0 Å². The maximum atomic E-state index is 5.03. The molecule has 37 heavy (non-hydrogen) atoms. The van der Waals surface area contributed by atoms with Crippen LogP contribution in [-0.4, -0.2) is 9.78 Å². The van der Waals surface area contributed by atoms with E-state index in [1.807, 2.05) is 0 Å². The summed E-state index contributed by atoms with van der Waals surface area (Å²) >= 11 is 0. The van der Waals surface area contributed by atoms with Crippen LogP contribution in [0.25, 0.3) is 29.1 Å². The van der Waals surface area contributed by atoms with Crippen LogP contribution in [0.3, 0.4) is 0 Å². The third-order valence-electron chi connectivity index (χ3n) is 7.36. The van der Waals surface area contributed by atoms with Crippen LogP contribution in [0, 0.1) is 0 Å². The van der Waals surface area contributed by atoms with E-state index in [2.05, 4.69) is 123 Å². The van der Waals surface area contributed by atoms with Crippen molar-refractivity contribution in [2.24, 2.45) is 0 Å². The molecule has 4 rings (SSSR count). The van der Waals surface area contributed by atoms with E-state index in [-0.39, 0.29) is 0 Å². The largest absolute Gasteiger partial charge is 0.233 e. The minimum atomic E-state index is 0.564. The van der Waals surface area contributed by atoms with Gasteiger partial charge < -0.3 is 0 Å². The van der Waals surface area contributed by atoms with E-state index in [0.717, 1.165) is 36.3 Å². The van der Waals surface area contributed by atoms with Gasteiger partial charge in [-0.05, 0) is 84.6 Å². The maximum Gasteiger partial charge on any atom is 0.0862 e. The highest BCUT2D eigenvalue weighted by atomic mass is 15.3. The second-order valence-corrected chi connectivity index (χ2v) is 10.2. The number of hydrogen-bond donors (Lipinski definition) is 0. The van der Waals surface area contributed by atoms with Crippen molar-refractivity contribution in [1.82, 2.24) is 9.78 Å². The number of unbranched alkanes of at least 4 members (excludes halogenated alkanes) is 2. The summed E-state index contributed by atoms with van der Waals surface area (Å²) in [5, 5.41) is 5.03. The van der Waals surface area contributed by atoms with Gasteiger partial charge in [-0.2, -0.15) is 5.10 Å². The topological polar surface area (TPSA) is 17.8 Å². The average Bonchev–Trinajstić information content (AvgIpc) is 3.38. The molecule has 2 heteroatoms. The summed E-state index contributed by atoms with van der Waals surface area (Å²) in [5.41, 5.74) is 9.76. The molecule has 0 amide bonds. The second-order valence-electron chi connectivity index (χ2n) is 10.2. The summed E-state index contributed by atoms with van der Waals surface area (Å²) < 4.78 is 2.09. The molecule has 1 heterocycles. The highest BCUT2D eigenvalue weighted by molar-refractivity contribution is 5.72. The molecule has 0 aliphatic carbocycles. The lowest BCUT2D eigenvalue weighted by Gasteiger charge is -2.12. The first kappa shape index (κ1) is 26.7. The van der Waals surface area contributed by atoms with Gasteiger partial charge in [0.15, 0.2) is 0 Å². The standard InChI is InChI=1S/C35H42N2/c1-5-8-10-28-12-14-30(15-13-28)18-23-33-26-35(32-19-16-29(17-20-32)11-9-6-2)37(36-33)34-24-21-31(22-25-34)27(4)7-3/h12-27H,5-11H2,1-4H3. The smallest absolute Gasteiger partial charge is 0.0862 e. The molecule has 0 aliphatic rings. The Labute approximate surface area is 224 Å². The number of aromatic nitrogens is 2. The first-order valence-electron chi connectivity index (χ1n) is 14.2. The predicted molar refractivity (Wildman–Crippen MR) is 160 cm³/mol. The molecule has 3 aromatic carbocycles. The zero-order chi connectivity index (χ0) is 26.0. The lowest BCUT2D eigenvalue weighted by molar-refractivity contribution is 0.732. The SMILES string of the molecule is CCCCc1ccc(C=Cc2cc(-c3ccc(CCCC)cc3)n(-c3ccc(C(C)CC)cc3)n2)cc1. The molecule has 0 aliphatic heterocycles. The quantitative estimate of drug-likeness (QED) is 0.193. The summed E-state index contributed by atoms with van der Waals surface area (Å²) in [4.78, 5) is 0. The van der Waals surface area contributed by atoms with Gasteiger partial charge in [0.2, 0.25) is 0 Å². The third-order valence-corrected chi connectivity index (χ3v) is 7.36. The van der Waals surface area contributed by atoms with E-state index in [1.54, 1.807) is 0 Å². The van der Waals surface area contributed by atoms with Gasteiger partial charge in [-0.15, -0.1) is 0 Å². The number of rotatable bonds is 12. The van der Waals surface area contributed by atoms with Crippen molar-refractivity contribution in [2.75, 3.05) is 0 Å². The fraction of sp³-hybridized carbons (Fsp3) is 0.343. The Morgan fingerprint density at radius 3 is 1.89 bits per heavy atom. The van der Waals surface area contributed by atoms with Crippen LogP contribution in [0.2, 0.25) is 0 Å². The van der Waals surface area contributed by atoms with Crippen LogP contribution < -0.4 is 0 Å². The van der Waals surface area contributed by atoms with Gasteiger partial charge in [0.1, 0.15) is 0 Å². The highest BCUT2D eigenvalue weighted by Crippen LogP contribution is 2.27. The number of aryl methyl sites for hydroxylation is 2. The van der Waals surface area contributed by atoms with Crippen LogP contribution in [0.4, 0.5) is 0 Å². The molecular formula is C35H42N2. The van der Waals surface area contributed by atoms with Crippen LogP contribution >= 0.6 is 0 Å². The molecule has 0 saturated heterocycles. The maximum absolute atomic E-state index is 5.03. The summed E-state index contributed by atoms with van der Waals surface area (Å²) in [6.07, 6.45) is 12.7. The minimum Gasteiger partial charge on any atom is -0.233 e. The minimum absolute atomic E-state index is 0.564. The Morgan fingerprint density at radius 2 is 1.32 bits per heavy atom. The van der Waals surface area contributed by atoms with Crippen molar-refractivity contribution in [3.63, 3.8) is 0 Å². The molecule has 2 nitrogen and oxygen atoms in total. The number of benzene rings is 3. The first-order valence-corrected chi connectivity index (χ1v) is 14.2. The van der Waals surface area contributed by atoms with Gasteiger partial charge >= 0.3 is 0 Å². The van der Waals surface area contributed by atoms with Crippen molar-refractivity contribution < 1.29 is 0 Å². The molecule has 0 radical (unpaired) electrons. The second kappa shape index (κ2) is 13.2. The van der Waals surface area contributed by atoms with Gasteiger partial charge in [-0.1, -0.05) is 107 Å². The van der Waals surface area contributed by atoms with E-state index >= 15 is 0 Å². The Kier molecular flexibility index (Phi) is 9.54. The average molecular weight is 491 g/mol. The van der Waals surface area contributed by atoms with E-state index in [1.165, 1.54) is 53.5 Å². The van der Waals surface area contributed by atoms with Crippen LogP contribution in [0.5, 0.6) is 0 Å². The van der Waals surface area contributed by atoms with Gasteiger partial charge in [-0.25, -0.2) is 4.68 Å². The molecule has 1 atom stereocenters. The summed E-state index contributed by atoms with van der Waals surface area (Å²) in [6, 6.07) is 29.1. The Bertz CT molecular complexity index is 1260. The summed E-state index contributed by atoms with van der Waals surface area (Å²) in [6.45, 7) is 9.01. The Hall–Kier alpha value is -3.39. The normalized spacial score (nSPS) is 12.3. The Balaban J connectivity index is 1.64. The molecule has 1 aromatic heterocycles. The van der Waals surface area contributed by atoms with Crippen molar-refractivity contribution in [2.45, 2.75) is 78.6 Å². The lowest BCUT2D eigenvalue weighted by atomic mass is 9.98. The third kappa shape index (κ3) is 7.10. The fourth-order valence-corrected chi connectivity index (χ4v) is 4.64. The monoisotopic (exact) mass is 490 g/mol. The van der Waals surface area contributed by atoms with Crippen LogP contribution in [0.15, 0.2) is 78.9 Å². The number of nitrogens with zero attached hydrogens (tertiary/aromatic N) is 2. The van der Waals surface area contributed by atoms with Crippen molar-refractivity contribution >= 4 is 12.2 Å². The molecule has 0 spiro atoms. The van der Waals surface area contributed by atoms with Gasteiger partial charge in [-0.3, -0.25) is 0 Å². The molecule has 0 saturated carbocycles. The zero-order valence-corrected chi connectivity index (χ0v) is 23.1. The van der Waals surface area contributed by atoms with Crippen molar-refractivity contribution in [3.05, 3.63) is 107 Å². The first-order chi connectivity index (χ1) is 18.1. The molecule has 4 aromatic rings. The Morgan fingerprint density at radius 1 is 0.730 bits per heavy atom. The molecule has 192 valence electrons. The highest BCUT2D eigenvalue weighted by Gasteiger charge is 2.12. The molecule has 0 N–H and O–H groups in total. The van der Waals surface area contributed by atoms with Gasteiger partial charge in [0.25, 0.3) is 0 Å². The number of hydrogen-bond acceptors (Lipinski definition) is 1. The van der Waals surface area contributed by atoms with Gasteiger partial charge in [0, 0.05) is 5.56 Å². The van der Waals surface area contributed by atoms with E-state index < -0.39 is 0 Å². The molecule has 1 unspecified atom stereocenters. The molecule has 0 bridgehead atoms. The van der Waals surface area contributed by atoms with E-state index in [4.69, 9.17) is 5.10 Å². The van der Waals surface area contributed by atoms with E-state index in [9.17, 15) is 0 Å². The molecule has 0 fully saturated rings. The zero-order valence-electron chi connectivity index (χ0n) is 23.1. The van der Waals surface area contributed by atoms with Crippen LogP contribution in [-0.2, 0) is 12.8 Å².